The van der Waals surface area contributed by atoms with E-state index in [0.717, 1.165) is 25.7 Å². The molecule has 0 aliphatic rings. The number of hydrogen-bond donors (Lipinski definition) is 0. The summed E-state index contributed by atoms with van der Waals surface area (Å²) in [4.78, 5) is 0. The summed E-state index contributed by atoms with van der Waals surface area (Å²) in [6.07, 6.45) is 25.0. The van der Waals surface area contributed by atoms with E-state index < -0.39 is 31.7 Å². The largest absolute Gasteiger partial charge is 1.00 e. The van der Waals surface area contributed by atoms with Gasteiger partial charge in [-0.05, 0) is 32.1 Å². The van der Waals surface area contributed by atoms with E-state index in [1.165, 1.54) is 103 Å². The van der Waals surface area contributed by atoms with Gasteiger partial charge < -0.3 is 37.5 Å². The van der Waals surface area contributed by atoms with Crippen LogP contribution in [0.5, 0.6) is 0 Å². The van der Waals surface area contributed by atoms with Gasteiger partial charge in [0.1, 0.15) is 12.2 Å². The third kappa shape index (κ3) is 51.7. The normalized spacial score (nSPS) is 13.0. The van der Waals surface area contributed by atoms with Crippen molar-refractivity contribution in [2.75, 3.05) is 77.6 Å². The molecular formula is C39H78Na2O12S2. The fraction of sp³-hybridized carbons (Fsp3) is 1.00. The first-order valence-corrected chi connectivity index (χ1v) is 24.1. The van der Waals surface area contributed by atoms with E-state index >= 15 is 0 Å². The van der Waals surface area contributed by atoms with Crippen LogP contribution in [0.2, 0.25) is 0 Å². The summed E-state index contributed by atoms with van der Waals surface area (Å²) in [5.74, 6) is -0.936. The summed E-state index contributed by atoms with van der Waals surface area (Å²) in [6, 6.07) is 0. The fourth-order valence-corrected chi connectivity index (χ4v) is 6.71. The maximum absolute atomic E-state index is 10.9. The van der Waals surface area contributed by atoms with Gasteiger partial charge >= 0.3 is 59.1 Å². The summed E-state index contributed by atoms with van der Waals surface area (Å²) in [6.45, 7) is 7.98. The quantitative estimate of drug-likeness (QED) is 0.0497. The minimum absolute atomic E-state index is 0. The van der Waals surface area contributed by atoms with Crippen LogP contribution in [0.1, 0.15) is 162 Å². The predicted molar refractivity (Wildman–Crippen MR) is 209 cm³/mol. The zero-order chi connectivity index (χ0) is 39.1. The van der Waals surface area contributed by atoms with Crippen molar-refractivity contribution < 1.29 is 113 Å². The molecule has 0 saturated heterocycles. The summed E-state index contributed by atoms with van der Waals surface area (Å²) in [5.41, 5.74) is 0. The number of rotatable bonds is 44. The molecule has 0 aromatic heterocycles. The molecule has 2 unspecified atom stereocenters. The maximum atomic E-state index is 10.9. The van der Waals surface area contributed by atoms with E-state index in [2.05, 4.69) is 13.8 Å². The van der Waals surface area contributed by atoms with Crippen molar-refractivity contribution in [1.82, 2.24) is 0 Å². The molecule has 55 heavy (non-hydrogen) atoms. The van der Waals surface area contributed by atoms with Gasteiger partial charge in [0.25, 0.3) is 0 Å². The van der Waals surface area contributed by atoms with Crippen LogP contribution in [0.25, 0.3) is 0 Å². The van der Waals surface area contributed by atoms with Crippen LogP contribution < -0.4 is 59.1 Å². The van der Waals surface area contributed by atoms with Crippen LogP contribution >= 0.6 is 0 Å². The molecule has 0 aliphatic carbocycles. The van der Waals surface area contributed by atoms with Gasteiger partial charge in [-0.25, -0.2) is 16.8 Å². The Morgan fingerprint density at radius 1 is 0.364 bits per heavy atom. The van der Waals surface area contributed by atoms with E-state index in [0.29, 0.717) is 46.1 Å². The van der Waals surface area contributed by atoms with Crippen molar-refractivity contribution in [2.24, 2.45) is 0 Å². The summed E-state index contributed by atoms with van der Waals surface area (Å²) in [7, 11) is -8.57. The molecule has 0 fully saturated rings. The Morgan fingerprint density at radius 2 is 0.618 bits per heavy atom. The molecule has 0 bridgehead atoms. The molecular weight excluding hydrogens is 771 g/mol. The Balaban J connectivity index is -0.0000135. The van der Waals surface area contributed by atoms with E-state index in [4.69, 9.17) is 28.4 Å². The van der Waals surface area contributed by atoms with Crippen molar-refractivity contribution in [3.8, 4) is 0 Å². The monoisotopic (exact) mass is 848 g/mol. The van der Waals surface area contributed by atoms with Gasteiger partial charge in [0.15, 0.2) is 0 Å². The standard InChI is InChI=1S/C39H80O12S2.2Na/c1-3-5-7-9-11-13-15-17-19-21-26-46-34-38(50-30-24-32-52(40,41)42)36-48-28-23-29-49-37-39(51-31-25-33-53(43,44)45)35-47-27-22-20-18-16-14-12-10-8-6-4-2;;/h38-39H,3-37H2,1-2H3,(H,40,41,42)(H,43,44,45);;/q;2*+1/p-2. The van der Waals surface area contributed by atoms with E-state index in [9.17, 15) is 25.9 Å². The molecule has 2 atom stereocenters. The SMILES string of the molecule is CCCCCCCCCCCCOCC(COCCCOCC(COCCCCCCCCCCCC)OCCCS(=O)(=O)[O-])OCCCS(=O)(=O)[O-].[Na+].[Na+]. The molecule has 0 aromatic carbocycles. The summed E-state index contributed by atoms with van der Waals surface area (Å²) < 4.78 is 101. The van der Waals surface area contributed by atoms with Crippen LogP contribution in [0, 0.1) is 0 Å². The van der Waals surface area contributed by atoms with Gasteiger partial charge in [-0.2, -0.15) is 0 Å². The van der Waals surface area contributed by atoms with Crippen LogP contribution in [0.15, 0.2) is 0 Å². The Hall–Kier alpha value is 1.58. The smallest absolute Gasteiger partial charge is 0.748 e. The van der Waals surface area contributed by atoms with E-state index in [1.54, 1.807) is 0 Å². The van der Waals surface area contributed by atoms with Crippen LogP contribution in [0.3, 0.4) is 0 Å². The van der Waals surface area contributed by atoms with Crippen molar-refractivity contribution in [1.29, 1.82) is 0 Å². The zero-order valence-electron chi connectivity index (χ0n) is 35.6. The van der Waals surface area contributed by atoms with Crippen molar-refractivity contribution in [3.63, 3.8) is 0 Å². The average Bonchev–Trinajstić information content (AvgIpc) is 3.10. The minimum Gasteiger partial charge on any atom is -0.748 e. The minimum atomic E-state index is -4.29. The molecule has 0 N–H and O–H groups in total. The molecule has 0 amide bonds. The first-order chi connectivity index (χ1) is 25.6. The molecule has 0 heterocycles. The first-order valence-electron chi connectivity index (χ1n) is 21.0. The topological polar surface area (TPSA) is 170 Å². The number of unbranched alkanes of at least 4 members (excludes halogenated alkanes) is 18. The van der Waals surface area contributed by atoms with Crippen LogP contribution in [-0.2, 0) is 48.7 Å². The average molecular weight is 849 g/mol. The van der Waals surface area contributed by atoms with E-state index in [1.807, 2.05) is 0 Å². The molecule has 0 saturated carbocycles. The number of ether oxygens (including phenoxy) is 6. The van der Waals surface area contributed by atoms with Crippen LogP contribution in [0.4, 0.5) is 0 Å². The Kier molecular flexibility index (Phi) is 49.9. The maximum Gasteiger partial charge on any atom is 1.00 e. The Labute approximate surface area is 381 Å². The molecule has 320 valence electrons. The second-order valence-electron chi connectivity index (χ2n) is 14.2. The third-order valence-corrected chi connectivity index (χ3v) is 10.4. The second-order valence-corrected chi connectivity index (χ2v) is 17.3. The summed E-state index contributed by atoms with van der Waals surface area (Å²) in [5, 5.41) is 0. The van der Waals surface area contributed by atoms with Crippen molar-refractivity contribution in [3.05, 3.63) is 0 Å². The fourth-order valence-electron chi connectivity index (χ4n) is 5.77. The van der Waals surface area contributed by atoms with Gasteiger partial charge in [-0.3, -0.25) is 0 Å². The molecule has 16 heteroatoms. The van der Waals surface area contributed by atoms with Gasteiger partial charge in [0, 0.05) is 51.1 Å². The van der Waals surface area contributed by atoms with Crippen molar-refractivity contribution >= 4 is 20.2 Å². The predicted octanol–water partition coefficient (Wildman–Crippen LogP) is 1.93. The van der Waals surface area contributed by atoms with Gasteiger partial charge in [0.2, 0.25) is 0 Å². The number of hydrogen-bond acceptors (Lipinski definition) is 12. The zero-order valence-corrected chi connectivity index (χ0v) is 41.3. The van der Waals surface area contributed by atoms with Gasteiger partial charge in [-0.1, -0.05) is 129 Å². The van der Waals surface area contributed by atoms with E-state index in [-0.39, 0.29) is 111 Å². The van der Waals surface area contributed by atoms with Gasteiger partial charge in [-0.15, -0.1) is 0 Å². The molecule has 12 nitrogen and oxygen atoms in total. The molecule has 0 spiro atoms. The second kappa shape index (κ2) is 45.1. The Bertz CT molecular complexity index is 902. The molecule has 0 radical (unpaired) electrons. The first kappa shape index (κ1) is 60.9. The molecule has 0 rings (SSSR count). The molecule has 0 aliphatic heterocycles. The van der Waals surface area contributed by atoms with Crippen molar-refractivity contribution in [2.45, 2.75) is 174 Å². The molecule has 0 aromatic rings. The third-order valence-electron chi connectivity index (χ3n) is 8.86. The van der Waals surface area contributed by atoms with Gasteiger partial charge in [0.05, 0.1) is 46.7 Å². The summed E-state index contributed by atoms with van der Waals surface area (Å²) >= 11 is 0. The Morgan fingerprint density at radius 3 is 0.891 bits per heavy atom. The van der Waals surface area contributed by atoms with Crippen LogP contribution in [-0.4, -0.2) is 116 Å².